The fraction of sp³-hybridized carbons (Fsp3) is 0.273. The van der Waals surface area contributed by atoms with Crippen LogP contribution in [0.4, 0.5) is 0 Å². The number of hydrogen-bond donors (Lipinski definition) is 0. The van der Waals surface area contributed by atoms with Crippen LogP contribution in [0.3, 0.4) is 0 Å². The maximum Gasteiger partial charge on any atom is 0.117 e. The molecule has 3 heteroatoms. The van der Waals surface area contributed by atoms with E-state index >= 15 is 0 Å². The lowest BCUT2D eigenvalue weighted by atomic mass is 9.97. The minimum atomic E-state index is 0.652. The minimum absolute atomic E-state index is 0.652. The van der Waals surface area contributed by atoms with Gasteiger partial charge in [-0.05, 0) is 46.6 Å². The number of allylic oxidation sites excluding steroid dienone is 4. The van der Waals surface area contributed by atoms with Gasteiger partial charge in [0.1, 0.15) is 10.0 Å². The normalized spacial score (nSPS) is 20.7. The van der Waals surface area contributed by atoms with E-state index in [4.69, 9.17) is 0 Å². The number of halogens is 1. The van der Waals surface area contributed by atoms with E-state index in [-0.39, 0.29) is 0 Å². The summed E-state index contributed by atoms with van der Waals surface area (Å²) >= 11 is 2.20. The van der Waals surface area contributed by atoms with Crippen LogP contribution in [0.25, 0.3) is 5.57 Å². The molecule has 0 fully saturated rings. The molecule has 2 rings (SSSR count). The summed E-state index contributed by atoms with van der Waals surface area (Å²) in [4.78, 5) is 8.33. The van der Waals surface area contributed by atoms with E-state index in [1.807, 2.05) is 6.07 Å². The zero-order valence-corrected chi connectivity index (χ0v) is 10.1. The first-order valence-electron chi connectivity index (χ1n) is 4.62. The molecule has 0 saturated carbocycles. The van der Waals surface area contributed by atoms with Crippen molar-refractivity contribution in [1.29, 1.82) is 0 Å². The van der Waals surface area contributed by atoms with Gasteiger partial charge in [-0.2, -0.15) is 0 Å². The summed E-state index contributed by atoms with van der Waals surface area (Å²) in [6.45, 7) is 2.22. The van der Waals surface area contributed by atoms with Gasteiger partial charge < -0.3 is 0 Å². The molecule has 2 nitrogen and oxygen atoms in total. The average Bonchev–Trinajstić information content (AvgIpc) is 2.19. The summed E-state index contributed by atoms with van der Waals surface area (Å²) in [6.07, 6.45) is 9.33. The van der Waals surface area contributed by atoms with Crippen LogP contribution < -0.4 is 0 Å². The molecule has 1 aliphatic carbocycles. The molecule has 0 aromatic carbocycles. The predicted octanol–water partition coefficient (Wildman–Crippen LogP) is 3.06. The van der Waals surface area contributed by atoms with Crippen molar-refractivity contribution in [1.82, 2.24) is 9.97 Å². The zero-order valence-electron chi connectivity index (χ0n) is 7.94. The quantitative estimate of drug-likeness (QED) is 0.588. The number of hydrogen-bond acceptors (Lipinski definition) is 2. The highest BCUT2D eigenvalue weighted by atomic mass is 127. The maximum absolute atomic E-state index is 4.25. The standard InChI is InChI=1S/C11H11IN2/c1-8-2-4-9(5-3-8)10-6-11(12)14-7-13-10/h2,4-8H,3H2,1H3. The Labute approximate surface area is 97.3 Å². The van der Waals surface area contributed by atoms with E-state index in [1.165, 1.54) is 5.57 Å². The molecule has 0 N–H and O–H groups in total. The highest BCUT2D eigenvalue weighted by Crippen LogP contribution is 2.22. The molecule has 14 heavy (non-hydrogen) atoms. The Kier molecular flexibility index (Phi) is 2.96. The van der Waals surface area contributed by atoms with Crippen molar-refractivity contribution >= 4 is 28.2 Å². The van der Waals surface area contributed by atoms with Gasteiger partial charge in [0.05, 0.1) is 5.69 Å². The number of nitrogens with zero attached hydrogens (tertiary/aromatic N) is 2. The highest BCUT2D eigenvalue weighted by Gasteiger charge is 2.06. The molecule has 1 aromatic rings. The first-order valence-corrected chi connectivity index (χ1v) is 5.70. The molecule has 1 aromatic heterocycles. The summed E-state index contributed by atoms with van der Waals surface area (Å²) in [7, 11) is 0. The molecule has 1 unspecified atom stereocenters. The van der Waals surface area contributed by atoms with Crippen molar-refractivity contribution in [2.24, 2.45) is 5.92 Å². The first-order chi connectivity index (χ1) is 6.75. The predicted molar refractivity (Wildman–Crippen MR) is 65.6 cm³/mol. The Bertz CT molecular complexity index is 396. The summed E-state index contributed by atoms with van der Waals surface area (Å²) < 4.78 is 0.987. The monoisotopic (exact) mass is 298 g/mol. The molecule has 0 amide bonds. The Balaban J connectivity index is 2.29. The van der Waals surface area contributed by atoms with E-state index in [9.17, 15) is 0 Å². The molecule has 1 heterocycles. The van der Waals surface area contributed by atoms with Gasteiger partial charge in [0.25, 0.3) is 0 Å². The Morgan fingerprint density at radius 2 is 2.29 bits per heavy atom. The largest absolute Gasteiger partial charge is 0.236 e. The molecular formula is C11H11IN2. The van der Waals surface area contributed by atoms with E-state index in [0.29, 0.717) is 5.92 Å². The van der Waals surface area contributed by atoms with E-state index in [1.54, 1.807) is 6.33 Å². The van der Waals surface area contributed by atoms with Gasteiger partial charge in [0, 0.05) is 0 Å². The lowest BCUT2D eigenvalue weighted by Crippen LogP contribution is -1.97. The SMILES string of the molecule is CC1C=CC(c2cc(I)ncn2)=CC1. The van der Waals surface area contributed by atoms with Gasteiger partial charge in [0.2, 0.25) is 0 Å². The summed E-state index contributed by atoms with van der Waals surface area (Å²) in [5, 5.41) is 0. The fourth-order valence-corrected chi connectivity index (χ4v) is 1.83. The Morgan fingerprint density at radius 3 is 2.93 bits per heavy atom. The van der Waals surface area contributed by atoms with Crippen molar-refractivity contribution in [2.45, 2.75) is 13.3 Å². The second-order valence-corrected chi connectivity index (χ2v) is 4.56. The van der Waals surface area contributed by atoms with Crippen LogP contribution in [0.1, 0.15) is 19.0 Å². The van der Waals surface area contributed by atoms with E-state index in [2.05, 4.69) is 57.7 Å². The van der Waals surface area contributed by atoms with Crippen LogP contribution in [0.2, 0.25) is 0 Å². The molecule has 0 saturated heterocycles. The molecule has 72 valence electrons. The summed E-state index contributed by atoms with van der Waals surface area (Å²) in [5.74, 6) is 0.652. The molecule has 0 bridgehead atoms. The third kappa shape index (κ3) is 2.20. The van der Waals surface area contributed by atoms with E-state index < -0.39 is 0 Å². The van der Waals surface area contributed by atoms with Crippen molar-refractivity contribution in [3.05, 3.63) is 40.0 Å². The van der Waals surface area contributed by atoms with Gasteiger partial charge in [-0.3, -0.25) is 0 Å². The molecule has 0 aliphatic heterocycles. The van der Waals surface area contributed by atoms with Gasteiger partial charge in [-0.15, -0.1) is 0 Å². The molecule has 1 aliphatic rings. The van der Waals surface area contributed by atoms with Crippen LogP contribution in [-0.4, -0.2) is 9.97 Å². The molecule has 1 atom stereocenters. The van der Waals surface area contributed by atoms with Crippen molar-refractivity contribution in [2.75, 3.05) is 0 Å². The van der Waals surface area contributed by atoms with Crippen LogP contribution in [0.15, 0.2) is 30.6 Å². The van der Waals surface area contributed by atoms with E-state index in [0.717, 1.165) is 15.8 Å². The zero-order chi connectivity index (χ0) is 9.97. The smallest absolute Gasteiger partial charge is 0.117 e. The van der Waals surface area contributed by atoms with Crippen molar-refractivity contribution < 1.29 is 0 Å². The third-order valence-electron chi connectivity index (χ3n) is 2.24. The number of aromatic nitrogens is 2. The maximum atomic E-state index is 4.25. The van der Waals surface area contributed by atoms with Gasteiger partial charge in [0.15, 0.2) is 0 Å². The second-order valence-electron chi connectivity index (χ2n) is 3.46. The first kappa shape index (κ1) is 9.83. The molecular weight excluding hydrogens is 287 g/mol. The third-order valence-corrected chi connectivity index (χ3v) is 2.83. The van der Waals surface area contributed by atoms with Crippen LogP contribution in [0.5, 0.6) is 0 Å². The van der Waals surface area contributed by atoms with Gasteiger partial charge >= 0.3 is 0 Å². The van der Waals surface area contributed by atoms with Crippen molar-refractivity contribution in [3.8, 4) is 0 Å². The minimum Gasteiger partial charge on any atom is -0.236 e. The molecule has 0 radical (unpaired) electrons. The summed E-state index contributed by atoms with van der Waals surface area (Å²) in [5.41, 5.74) is 2.23. The second kappa shape index (κ2) is 4.21. The highest BCUT2D eigenvalue weighted by molar-refractivity contribution is 14.1. The van der Waals surface area contributed by atoms with Crippen LogP contribution in [-0.2, 0) is 0 Å². The Morgan fingerprint density at radius 1 is 1.43 bits per heavy atom. The number of rotatable bonds is 1. The average molecular weight is 298 g/mol. The fourth-order valence-electron chi connectivity index (χ4n) is 1.41. The summed E-state index contributed by atoms with van der Waals surface area (Å²) in [6, 6.07) is 2.01. The van der Waals surface area contributed by atoms with Crippen LogP contribution in [0, 0.1) is 9.62 Å². The molecule has 0 spiro atoms. The van der Waals surface area contributed by atoms with Gasteiger partial charge in [-0.25, -0.2) is 9.97 Å². The lowest BCUT2D eigenvalue weighted by molar-refractivity contribution is 0.738. The van der Waals surface area contributed by atoms with Crippen molar-refractivity contribution in [3.63, 3.8) is 0 Å². The van der Waals surface area contributed by atoms with Gasteiger partial charge in [-0.1, -0.05) is 25.2 Å². The Hall–Kier alpha value is -0.710. The lowest BCUT2D eigenvalue weighted by Gasteiger charge is -2.10. The van der Waals surface area contributed by atoms with Crippen LogP contribution >= 0.6 is 22.6 Å². The topological polar surface area (TPSA) is 25.8 Å².